The van der Waals surface area contributed by atoms with Crippen LogP contribution in [0.1, 0.15) is 11.1 Å². The van der Waals surface area contributed by atoms with Gasteiger partial charge in [0.2, 0.25) is 0 Å². The average Bonchev–Trinajstić information content (AvgIpc) is 2.47. The van der Waals surface area contributed by atoms with Gasteiger partial charge in [0.05, 0.1) is 12.7 Å². The lowest BCUT2D eigenvalue weighted by Gasteiger charge is -2.12. The number of rotatable bonds is 4. The molecule has 0 amide bonds. The first kappa shape index (κ1) is 16.5. The highest BCUT2D eigenvalue weighted by Gasteiger charge is 2.29. The topological polar surface area (TPSA) is 41.5 Å². The number of nitrogens with one attached hydrogen (secondary N) is 1. The van der Waals surface area contributed by atoms with E-state index >= 15 is 0 Å². The van der Waals surface area contributed by atoms with Crippen molar-refractivity contribution in [1.29, 1.82) is 0 Å². The van der Waals surface area contributed by atoms with Crippen LogP contribution in [0.3, 0.4) is 0 Å². The van der Waals surface area contributed by atoms with Gasteiger partial charge in [-0.25, -0.2) is 0 Å². The number of phenols is 1. The van der Waals surface area contributed by atoms with Crippen molar-refractivity contribution in [2.24, 2.45) is 0 Å². The third-order valence-corrected chi connectivity index (χ3v) is 3.49. The molecule has 0 saturated carbocycles. The molecule has 0 bridgehead atoms. The van der Waals surface area contributed by atoms with E-state index in [0.717, 1.165) is 16.6 Å². The molecule has 2 aromatic rings. The lowest BCUT2D eigenvalue weighted by molar-refractivity contribution is -0.137. The molecule has 0 aromatic heterocycles. The second-order valence-electron chi connectivity index (χ2n) is 4.54. The molecule has 0 unspecified atom stereocenters. The number of anilines is 1. The smallest absolute Gasteiger partial charge is 0.416 e. The molecule has 0 heterocycles. The van der Waals surface area contributed by atoms with Crippen molar-refractivity contribution in [3.63, 3.8) is 0 Å². The predicted molar refractivity (Wildman–Crippen MR) is 81.1 cm³/mol. The number of phenolic OH excluding ortho intramolecular Hbond substituents is 1. The van der Waals surface area contributed by atoms with Crippen molar-refractivity contribution in [3.05, 3.63) is 52.0 Å². The Kier molecular flexibility index (Phi) is 4.85. The molecule has 2 N–H and O–H groups in total. The fraction of sp³-hybridized carbons (Fsp3) is 0.200. The number of benzene rings is 2. The van der Waals surface area contributed by atoms with Crippen LogP contribution < -0.4 is 10.1 Å². The van der Waals surface area contributed by atoms with Gasteiger partial charge in [0, 0.05) is 22.3 Å². The van der Waals surface area contributed by atoms with Gasteiger partial charge >= 0.3 is 6.18 Å². The molecule has 0 aliphatic heterocycles. The molecule has 0 aliphatic carbocycles. The van der Waals surface area contributed by atoms with Crippen LogP contribution in [0.2, 0.25) is 0 Å². The van der Waals surface area contributed by atoms with Crippen molar-refractivity contribution in [1.82, 2.24) is 0 Å². The number of aromatic hydroxyl groups is 1. The minimum atomic E-state index is -4.35. The van der Waals surface area contributed by atoms with Crippen LogP contribution in [0.25, 0.3) is 0 Å². The molecule has 0 aliphatic rings. The predicted octanol–water partition coefficient (Wildman–Crippen LogP) is 4.79. The zero-order valence-electron chi connectivity index (χ0n) is 11.5. The largest absolute Gasteiger partial charge is 0.504 e. The van der Waals surface area contributed by atoms with Gasteiger partial charge in [-0.1, -0.05) is 15.9 Å². The van der Waals surface area contributed by atoms with Gasteiger partial charge in [-0.15, -0.1) is 0 Å². The van der Waals surface area contributed by atoms with Crippen LogP contribution in [0.5, 0.6) is 11.5 Å². The zero-order chi connectivity index (χ0) is 16.3. The van der Waals surface area contributed by atoms with Crippen LogP contribution in [0, 0.1) is 0 Å². The highest BCUT2D eigenvalue weighted by molar-refractivity contribution is 9.10. The summed E-state index contributed by atoms with van der Waals surface area (Å²) >= 11 is 3.30. The van der Waals surface area contributed by atoms with Crippen molar-refractivity contribution < 1.29 is 23.0 Å². The van der Waals surface area contributed by atoms with Gasteiger partial charge in [-0.05, 0) is 36.4 Å². The minimum Gasteiger partial charge on any atom is -0.504 e. The average molecular weight is 376 g/mol. The van der Waals surface area contributed by atoms with E-state index in [9.17, 15) is 18.3 Å². The molecular formula is C15H13BrF3NO2. The van der Waals surface area contributed by atoms with E-state index in [1.165, 1.54) is 19.2 Å². The molecule has 118 valence electrons. The summed E-state index contributed by atoms with van der Waals surface area (Å²) in [6.07, 6.45) is -4.35. The maximum Gasteiger partial charge on any atom is 0.416 e. The van der Waals surface area contributed by atoms with E-state index in [-0.39, 0.29) is 12.3 Å². The summed E-state index contributed by atoms with van der Waals surface area (Å²) in [4.78, 5) is 0. The van der Waals surface area contributed by atoms with Crippen LogP contribution in [-0.4, -0.2) is 12.2 Å². The molecule has 0 fully saturated rings. The molecule has 7 heteroatoms. The normalized spacial score (nSPS) is 11.3. The van der Waals surface area contributed by atoms with E-state index in [4.69, 9.17) is 4.74 Å². The number of hydrogen-bond donors (Lipinski definition) is 2. The minimum absolute atomic E-state index is 0.00916. The zero-order valence-corrected chi connectivity index (χ0v) is 13.1. The van der Waals surface area contributed by atoms with Gasteiger partial charge < -0.3 is 15.2 Å². The maximum atomic E-state index is 12.5. The van der Waals surface area contributed by atoms with E-state index in [1.807, 2.05) is 0 Å². The van der Waals surface area contributed by atoms with E-state index in [2.05, 4.69) is 21.2 Å². The Morgan fingerprint density at radius 3 is 2.36 bits per heavy atom. The van der Waals surface area contributed by atoms with E-state index < -0.39 is 11.7 Å². The Balaban J connectivity index is 2.12. The highest BCUT2D eigenvalue weighted by atomic mass is 79.9. The Labute approximate surface area is 133 Å². The number of hydrogen-bond acceptors (Lipinski definition) is 3. The van der Waals surface area contributed by atoms with Crippen LogP contribution in [-0.2, 0) is 12.7 Å². The van der Waals surface area contributed by atoms with Crippen LogP contribution in [0.4, 0.5) is 18.9 Å². The summed E-state index contributed by atoms with van der Waals surface area (Å²) in [7, 11) is 1.44. The lowest BCUT2D eigenvalue weighted by atomic mass is 10.1. The molecule has 2 aromatic carbocycles. The van der Waals surface area contributed by atoms with Crippen LogP contribution >= 0.6 is 15.9 Å². The second kappa shape index (κ2) is 6.48. The first-order chi connectivity index (χ1) is 10.3. The van der Waals surface area contributed by atoms with Gasteiger partial charge in [-0.2, -0.15) is 13.2 Å². The summed E-state index contributed by atoms with van der Waals surface area (Å²) in [5.74, 6) is 0.309. The van der Waals surface area contributed by atoms with Crippen molar-refractivity contribution in [3.8, 4) is 11.5 Å². The SMILES string of the molecule is COc1cc(Br)cc(CNc2ccc(C(F)(F)F)cc2)c1O. The summed E-state index contributed by atoms with van der Waals surface area (Å²) in [6.45, 7) is 0.243. The summed E-state index contributed by atoms with van der Waals surface area (Å²) in [5, 5.41) is 13.0. The van der Waals surface area contributed by atoms with Gasteiger partial charge in [0.25, 0.3) is 0 Å². The summed E-state index contributed by atoms with van der Waals surface area (Å²) in [6, 6.07) is 8.02. The molecule has 0 atom stereocenters. The van der Waals surface area contributed by atoms with E-state index in [0.29, 0.717) is 17.0 Å². The van der Waals surface area contributed by atoms with Gasteiger partial charge in [0.1, 0.15) is 0 Å². The van der Waals surface area contributed by atoms with Crippen molar-refractivity contribution >= 4 is 21.6 Å². The third kappa shape index (κ3) is 3.85. The highest BCUT2D eigenvalue weighted by Crippen LogP contribution is 2.34. The van der Waals surface area contributed by atoms with Crippen molar-refractivity contribution in [2.45, 2.75) is 12.7 Å². The fourth-order valence-electron chi connectivity index (χ4n) is 1.89. The monoisotopic (exact) mass is 375 g/mol. The molecule has 22 heavy (non-hydrogen) atoms. The second-order valence-corrected chi connectivity index (χ2v) is 5.46. The third-order valence-electron chi connectivity index (χ3n) is 3.03. The Hall–Kier alpha value is -1.89. The number of alkyl halides is 3. The number of halogens is 4. The first-order valence-corrected chi connectivity index (χ1v) is 7.07. The molecular weight excluding hydrogens is 363 g/mol. The molecule has 3 nitrogen and oxygen atoms in total. The molecule has 0 spiro atoms. The number of ether oxygens (including phenoxy) is 1. The standard InChI is InChI=1S/C15H13BrF3NO2/c1-22-13-7-11(16)6-9(14(13)21)8-20-12-4-2-10(3-5-12)15(17,18)19/h2-7,20-21H,8H2,1H3. The fourth-order valence-corrected chi connectivity index (χ4v) is 2.38. The lowest BCUT2D eigenvalue weighted by Crippen LogP contribution is -2.05. The quantitative estimate of drug-likeness (QED) is 0.806. The van der Waals surface area contributed by atoms with Crippen LogP contribution in [0.15, 0.2) is 40.9 Å². The Morgan fingerprint density at radius 1 is 1.18 bits per heavy atom. The first-order valence-electron chi connectivity index (χ1n) is 6.28. The van der Waals surface area contributed by atoms with E-state index in [1.54, 1.807) is 12.1 Å². The molecule has 0 saturated heterocycles. The number of methoxy groups -OCH3 is 1. The Bertz CT molecular complexity index is 657. The maximum absolute atomic E-state index is 12.5. The Morgan fingerprint density at radius 2 is 1.82 bits per heavy atom. The summed E-state index contributed by atoms with van der Waals surface area (Å²) in [5.41, 5.74) is 0.377. The summed E-state index contributed by atoms with van der Waals surface area (Å²) < 4.78 is 43.2. The van der Waals surface area contributed by atoms with Gasteiger partial charge in [0.15, 0.2) is 11.5 Å². The van der Waals surface area contributed by atoms with Crippen molar-refractivity contribution in [2.75, 3.05) is 12.4 Å². The molecule has 0 radical (unpaired) electrons. The molecule has 2 rings (SSSR count). The van der Waals surface area contributed by atoms with Gasteiger partial charge in [-0.3, -0.25) is 0 Å².